The van der Waals surface area contributed by atoms with Gasteiger partial charge in [-0.3, -0.25) is 4.79 Å². The highest BCUT2D eigenvalue weighted by Crippen LogP contribution is 2.26. The number of carbonyl (C=O) groups excluding carboxylic acids is 1. The third-order valence-corrected chi connectivity index (χ3v) is 3.95. The molecular weight excluding hydrogens is 236 g/mol. The van der Waals surface area contributed by atoms with Crippen molar-refractivity contribution in [3.8, 4) is 0 Å². The molecule has 1 aliphatic heterocycles. The minimum atomic E-state index is 0.154. The van der Waals surface area contributed by atoms with Crippen molar-refractivity contribution >= 4 is 11.6 Å². The van der Waals surface area contributed by atoms with Gasteiger partial charge in [-0.15, -0.1) is 0 Å². The molecular formula is C16H24N2O. The summed E-state index contributed by atoms with van der Waals surface area (Å²) in [5.41, 5.74) is 3.19. The maximum Gasteiger partial charge on any atom is 0.253 e. The highest BCUT2D eigenvalue weighted by atomic mass is 16.2. The zero-order valence-electron chi connectivity index (χ0n) is 12.2. The number of anilines is 1. The largest absolute Gasteiger partial charge is 0.385 e. The second-order valence-electron chi connectivity index (χ2n) is 5.56. The van der Waals surface area contributed by atoms with Crippen LogP contribution in [0.1, 0.15) is 42.6 Å². The van der Waals surface area contributed by atoms with E-state index in [1.54, 1.807) is 0 Å². The summed E-state index contributed by atoms with van der Waals surface area (Å²) in [6.45, 7) is 6.18. The number of hydrogen-bond acceptors (Lipinski definition) is 2. The van der Waals surface area contributed by atoms with Gasteiger partial charge in [0.2, 0.25) is 0 Å². The van der Waals surface area contributed by atoms with Gasteiger partial charge >= 0.3 is 0 Å². The smallest absolute Gasteiger partial charge is 0.253 e. The first kappa shape index (κ1) is 13.9. The fraction of sp³-hybridized carbons (Fsp3) is 0.562. The lowest BCUT2D eigenvalue weighted by molar-refractivity contribution is 0.0774. The number of fused-ring (bicyclic) bond motifs is 1. The van der Waals surface area contributed by atoms with Crippen molar-refractivity contribution in [1.82, 2.24) is 4.90 Å². The summed E-state index contributed by atoms with van der Waals surface area (Å²) in [6.07, 6.45) is 3.21. The molecule has 1 unspecified atom stereocenters. The lowest BCUT2D eigenvalue weighted by Gasteiger charge is -2.25. The van der Waals surface area contributed by atoms with Crippen LogP contribution in [0.4, 0.5) is 5.69 Å². The molecule has 1 aromatic rings. The SMILES string of the molecule is CCC(C)CN(C)C(=O)c1cccc2c1CCCN2. The number of benzene rings is 1. The molecule has 1 aliphatic rings. The Morgan fingerprint density at radius 1 is 1.47 bits per heavy atom. The summed E-state index contributed by atoms with van der Waals surface area (Å²) < 4.78 is 0. The zero-order chi connectivity index (χ0) is 13.8. The van der Waals surface area contributed by atoms with Gasteiger partial charge < -0.3 is 10.2 Å². The molecule has 1 aromatic carbocycles. The van der Waals surface area contributed by atoms with Crippen LogP contribution in [-0.2, 0) is 6.42 Å². The van der Waals surface area contributed by atoms with Crippen LogP contribution in [0.3, 0.4) is 0 Å². The number of hydrogen-bond donors (Lipinski definition) is 1. The molecule has 2 rings (SSSR count). The van der Waals surface area contributed by atoms with Gasteiger partial charge in [0.25, 0.3) is 5.91 Å². The molecule has 3 nitrogen and oxygen atoms in total. The fourth-order valence-corrected chi connectivity index (χ4v) is 2.60. The van der Waals surface area contributed by atoms with Crippen molar-refractivity contribution in [3.05, 3.63) is 29.3 Å². The van der Waals surface area contributed by atoms with Gasteiger partial charge in [0.1, 0.15) is 0 Å². The maximum atomic E-state index is 12.6. The van der Waals surface area contributed by atoms with Gasteiger partial charge in [-0.05, 0) is 36.5 Å². The van der Waals surface area contributed by atoms with E-state index in [0.717, 1.165) is 43.6 Å². The second kappa shape index (κ2) is 6.09. The molecule has 0 aromatic heterocycles. The van der Waals surface area contributed by atoms with Crippen LogP contribution < -0.4 is 5.32 Å². The van der Waals surface area contributed by atoms with E-state index in [1.807, 2.05) is 24.1 Å². The first-order chi connectivity index (χ1) is 9.13. The predicted octanol–water partition coefficient (Wildman–Crippen LogP) is 3.16. The normalized spacial score (nSPS) is 15.3. The van der Waals surface area contributed by atoms with E-state index in [9.17, 15) is 4.79 Å². The van der Waals surface area contributed by atoms with E-state index in [-0.39, 0.29) is 5.91 Å². The lowest BCUT2D eigenvalue weighted by Crippen LogP contribution is -2.32. The molecule has 104 valence electrons. The molecule has 0 aliphatic carbocycles. The van der Waals surface area contributed by atoms with Gasteiger partial charge in [-0.2, -0.15) is 0 Å². The summed E-state index contributed by atoms with van der Waals surface area (Å²) in [5, 5.41) is 3.38. The molecule has 0 bridgehead atoms. The van der Waals surface area contributed by atoms with Crippen LogP contribution in [0.15, 0.2) is 18.2 Å². The molecule has 3 heteroatoms. The molecule has 1 N–H and O–H groups in total. The maximum absolute atomic E-state index is 12.6. The topological polar surface area (TPSA) is 32.3 Å². The number of amides is 1. The Balaban J connectivity index is 2.19. The Kier molecular flexibility index (Phi) is 4.46. The van der Waals surface area contributed by atoms with Gasteiger partial charge in [0.15, 0.2) is 0 Å². The first-order valence-corrected chi connectivity index (χ1v) is 7.24. The van der Waals surface area contributed by atoms with Crippen molar-refractivity contribution in [2.75, 3.05) is 25.5 Å². The lowest BCUT2D eigenvalue weighted by atomic mass is 9.96. The minimum absolute atomic E-state index is 0.154. The highest BCUT2D eigenvalue weighted by molar-refractivity contribution is 5.97. The minimum Gasteiger partial charge on any atom is -0.385 e. The quantitative estimate of drug-likeness (QED) is 0.902. The Labute approximate surface area is 116 Å². The van der Waals surface area contributed by atoms with E-state index in [0.29, 0.717) is 5.92 Å². The van der Waals surface area contributed by atoms with Crippen LogP contribution >= 0.6 is 0 Å². The van der Waals surface area contributed by atoms with Gasteiger partial charge in [-0.1, -0.05) is 26.3 Å². The Bertz CT molecular complexity index is 456. The molecule has 0 saturated heterocycles. The number of nitrogens with one attached hydrogen (secondary N) is 1. The highest BCUT2D eigenvalue weighted by Gasteiger charge is 2.20. The van der Waals surface area contributed by atoms with Gasteiger partial charge in [0, 0.05) is 31.4 Å². The predicted molar refractivity (Wildman–Crippen MR) is 79.7 cm³/mol. The van der Waals surface area contributed by atoms with Crippen LogP contribution in [-0.4, -0.2) is 30.9 Å². The van der Waals surface area contributed by atoms with Crippen LogP contribution in [0.5, 0.6) is 0 Å². The standard InChI is InChI=1S/C16H24N2O/c1-4-12(2)11-18(3)16(19)14-7-5-9-15-13(14)8-6-10-17-15/h5,7,9,12,17H,4,6,8,10-11H2,1-3H3. The summed E-state index contributed by atoms with van der Waals surface area (Å²) in [6, 6.07) is 6.00. The average molecular weight is 260 g/mol. The molecule has 0 spiro atoms. The van der Waals surface area contributed by atoms with Crippen molar-refractivity contribution in [3.63, 3.8) is 0 Å². The van der Waals surface area contributed by atoms with E-state index in [1.165, 1.54) is 5.56 Å². The molecule has 1 amide bonds. The molecule has 0 radical (unpaired) electrons. The molecule has 1 heterocycles. The van der Waals surface area contributed by atoms with Gasteiger partial charge in [-0.25, -0.2) is 0 Å². The van der Waals surface area contributed by atoms with E-state index < -0.39 is 0 Å². The number of nitrogens with zero attached hydrogens (tertiary/aromatic N) is 1. The Morgan fingerprint density at radius 3 is 3.00 bits per heavy atom. The summed E-state index contributed by atoms with van der Waals surface area (Å²) >= 11 is 0. The zero-order valence-corrected chi connectivity index (χ0v) is 12.2. The molecule has 0 fully saturated rings. The summed E-state index contributed by atoms with van der Waals surface area (Å²) in [7, 11) is 1.91. The summed E-state index contributed by atoms with van der Waals surface area (Å²) in [5.74, 6) is 0.701. The number of carbonyl (C=O) groups is 1. The van der Waals surface area contributed by atoms with Crippen molar-refractivity contribution in [2.24, 2.45) is 5.92 Å². The average Bonchev–Trinajstić information content (AvgIpc) is 2.45. The van der Waals surface area contributed by atoms with Gasteiger partial charge in [0.05, 0.1) is 0 Å². The first-order valence-electron chi connectivity index (χ1n) is 7.24. The van der Waals surface area contributed by atoms with Crippen molar-refractivity contribution in [1.29, 1.82) is 0 Å². The van der Waals surface area contributed by atoms with Crippen LogP contribution in [0.25, 0.3) is 0 Å². The second-order valence-corrected chi connectivity index (χ2v) is 5.56. The van der Waals surface area contributed by atoms with Crippen molar-refractivity contribution < 1.29 is 4.79 Å². The fourth-order valence-electron chi connectivity index (χ4n) is 2.60. The monoisotopic (exact) mass is 260 g/mol. The third-order valence-electron chi connectivity index (χ3n) is 3.95. The van der Waals surface area contributed by atoms with E-state index >= 15 is 0 Å². The van der Waals surface area contributed by atoms with E-state index in [4.69, 9.17) is 0 Å². The summed E-state index contributed by atoms with van der Waals surface area (Å²) in [4.78, 5) is 14.4. The third kappa shape index (κ3) is 3.09. The number of rotatable bonds is 4. The van der Waals surface area contributed by atoms with Crippen LogP contribution in [0, 0.1) is 5.92 Å². The van der Waals surface area contributed by atoms with Crippen LogP contribution in [0.2, 0.25) is 0 Å². The Morgan fingerprint density at radius 2 is 2.26 bits per heavy atom. The molecule has 0 saturated carbocycles. The van der Waals surface area contributed by atoms with E-state index in [2.05, 4.69) is 25.2 Å². The molecule has 1 atom stereocenters. The molecule has 19 heavy (non-hydrogen) atoms. The van der Waals surface area contributed by atoms with Crippen molar-refractivity contribution in [2.45, 2.75) is 33.1 Å². The Hall–Kier alpha value is -1.51.